The molecule has 0 aliphatic rings. The minimum atomic E-state index is -0.374. The van der Waals surface area contributed by atoms with Crippen molar-refractivity contribution in [2.45, 2.75) is 0 Å². The lowest BCUT2D eigenvalue weighted by molar-refractivity contribution is 0.836. The molecule has 2 heterocycles. The number of nitrogens with one attached hydrogen (secondary N) is 2. The van der Waals surface area contributed by atoms with Crippen LogP contribution in [0.25, 0.3) is 16.9 Å². The highest BCUT2D eigenvalue weighted by molar-refractivity contribution is 7.71. The molecule has 0 aliphatic carbocycles. The minimum Gasteiger partial charge on any atom is -0.288 e. The summed E-state index contributed by atoms with van der Waals surface area (Å²) in [7, 11) is 0. The molecule has 3 aromatic rings. The molecule has 96 valence electrons. The van der Waals surface area contributed by atoms with Crippen LogP contribution in [0, 0.1) is 4.77 Å². The fourth-order valence-corrected chi connectivity index (χ4v) is 2.21. The third-order valence-corrected chi connectivity index (χ3v) is 3.53. The van der Waals surface area contributed by atoms with Gasteiger partial charge in [-0.3, -0.25) is 10.1 Å². The van der Waals surface area contributed by atoms with E-state index in [4.69, 9.17) is 35.4 Å². The van der Waals surface area contributed by atoms with Crippen LogP contribution in [0.5, 0.6) is 0 Å². The SMILES string of the molecule is O=c1[nH]c(=S)nc2cc(-c3ccc(Cl)c(Cl)c3)[nH]n12. The van der Waals surface area contributed by atoms with Gasteiger partial charge in [0.15, 0.2) is 5.65 Å². The molecule has 0 aliphatic heterocycles. The molecule has 0 fully saturated rings. The topological polar surface area (TPSA) is 66.0 Å². The molecule has 0 radical (unpaired) electrons. The lowest BCUT2D eigenvalue weighted by atomic mass is 10.1. The Labute approximate surface area is 121 Å². The van der Waals surface area contributed by atoms with Gasteiger partial charge in [0.05, 0.1) is 15.7 Å². The van der Waals surface area contributed by atoms with Gasteiger partial charge in [0.25, 0.3) is 0 Å². The van der Waals surface area contributed by atoms with Gasteiger partial charge in [-0.1, -0.05) is 29.3 Å². The number of hydrogen-bond donors (Lipinski definition) is 2. The predicted octanol–water partition coefficient (Wildman–Crippen LogP) is 3.05. The molecule has 0 spiro atoms. The molecule has 5 nitrogen and oxygen atoms in total. The van der Waals surface area contributed by atoms with Crippen LogP contribution in [0.1, 0.15) is 0 Å². The molecule has 2 N–H and O–H groups in total. The summed E-state index contributed by atoms with van der Waals surface area (Å²) < 4.78 is 1.41. The van der Waals surface area contributed by atoms with Crippen molar-refractivity contribution < 1.29 is 0 Å². The summed E-state index contributed by atoms with van der Waals surface area (Å²) in [6, 6.07) is 6.90. The van der Waals surface area contributed by atoms with Gasteiger partial charge < -0.3 is 0 Å². The minimum absolute atomic E-state index is 0.143. The van der Waals surface area contributed by atoms with Gasteiger partial charge >= 0.3 is 5.69 Å². The zero-order valence-electron chi connectivity index (χ0n) is 9.28. The average molecular weight is 313 g/mol. The Balaban J connectivity index is 2.26. The van der Waals surface area contributed by atoms with Gasteiger partial charge in [0.2, 0.25) is 4.77 Å². The average Bonchev–Trinajstić information content (AvgIpc) is 2.76. The molecular formula is C11H6Cl2N4OS. The lowest BCUT2D eigenvalue weighted by Gasteiger charge is -1.99. The number of rotatable bonds is 1. The van der Waals surface area contributed by atoms with E-state index < -0.39 is 0 Å². The van der Waals surface area contributed by atoms with Crippen molar-refractivity contribution in [1.82, 2.24) is 19.6 Å². The molecule has 0 amide bonds. The highest BCUT2D eigenvalue weighted by atomic mass is 35.5. The van der Waals surface area contributed by atoms with Gasteiger partial charge in [-0.15, -0.1) is 0 Å². The number of fused-ring (bicyclic) bond motifs is 1. The molecule has 0 unspecified atom stereocenters. The second-order valence-electron chi connectivity index (χ2n) is 3.84. The van der Waals surface area contributed by atoms with Crippen molar-refractivity contribution in [3.05, 3.63) is 49.6 Å². The molecule has 19 heavy (non-hydrogen) atoms. The summed E-state index contributed by atoms with van der Waals surface area (Å²) in [4.78, 5) is 18.2. The number of benzene rings is 1. The second-order valence-corrected chi connectivity index (χ2v) is 5.04. The summed E-state index contributed by atoms with van der Waals surface area (Å²) in [5.41, 5.74) is 1.55. The van der Waals surface area contributed by atoms with Gasteiger partial charge in [0, 0.05) is 11.6 Å². The molecule has 2 aromatic heterocycles. The first-order valence-corrected chi connectivity index (χ1v) is 6.38. The monoisotopic (exact) mass is 312 g/mol. The molecule has 0 atom stereocenters. The van der Waals surface area contributed by atoms with Crippen LogP contribution >= 0.6 is 35.4 Å². The maximum atomic E-state index is 11.7. The summed E-state index contributed by atoms with van der Waals surface area (Å²) >= 11 is 16.7. The normalized spacial score (nSPS) is 11.1. The van der Waals surface area contributed by atoms with E-state index in [1.165, 1.54) is 4.52 Å². The zero-order chi connectivity index (χ0) is 13.6. The van der Waals surface area contributed by atoms with Crippen LogP contribution in [-0.4, -0.2) is 19.6 Å². The molecule has 0 bridgehead atoms. The zero-order valence-corrected chi connectivity index (χ0v) is 11.6. The Hall–Kier alpha value is -1.63. The number of H-pyrrole nitrogens is 2. The maximum Gasteiger partial charge on any atom is 0.348 e. The van der Waals surface area contributed by atoms with E-state index in [1.807, 2.05) is 0 Å². The van der Waals surface area contributed by atoms with E-state index in [9.17, 15) is 4.79 Å². The van der Waals surface area contributed by atoms with Gasteiger partial charge in [0.1, 0.15) is 0 Å². The Morgan fingerprint density at radius 1 is 1.21 bits per heavy atom. The third kappa shape index (κ3) is 2.18. The number of halogens is 2. The summed E-state index contributed by atoms with van der Waals surface area (Å²) in [6.45, 7) is 0. The largest absolute Gasteiger partial charge is 0.348 e. The summed E-state index contributed by atoms with van der Waals surface area (Å²) in [5.74, 6) is 0. The van der Waals surface area contributed by atoms with Crippen LogP contribution < -0.4 is 5.69 Å². The van der Waals surface area contributed by atoms with Crippen molar-refractivity contribution in [3.63, 3.8) is 0 Å². The molecular weight excluding hydrogens is 307 g/mol. The van der Waals surface area contributed by atoms with Gasteiger partial charge in [-0.25, -0.2) is 9.78 Å². The first kappa shape index (κ1) is 12.4. The summed E-state index contributed by atoms with van der Waals surface area (Å²) in [6.07, 6.45) is 0. The third-order valence-electron chi connectivity index (χ3n) is 2.60. The smallest absolute Gasteiger partial charge is 0.288 e. The first-order valence-electron chi connectivity index (χ1n) is 5.22. The quantitative estimate of drug-likeness (QED) is 0.679. The van der Waals surface area contributed by atoms with E-state index in [0.717, 1.165) is 5.56 Å². The number of aromatic nitrogens is 4. The van der Waals surface area contributed by atoms with Crippen molar-refractivity contribution in [2.75, 3.05) is 0 Å². The molecule has 8 heteroatoms. The van der Waals surface area contributed by atoms with Gasteiger partial charge in [-0.2, -0.15) is 4.52 Å². The van der Waals surface area contributed by atoms with Crippen molar-refractivity contribution in [2.24, 2.45) is 0 Å². The standard InChI is InChI=1S/C11H6Cl2N4OS/c12-6-2-1-5(3-7(6)13)8-4-9-14-10(19)15-11(18)17(9)16-8/h1-4,16H,(H,15,18,19). The molecule has 1 aromatic carbocycles. The Kier molecular flexibility index (Phi) is 2.93. The van der Waals surface area contributed by atoms with Crippen LogP contribution in [0.4, 0.5) is 0 Å². The number of nitrogens with zero attached hydrogens (tertiary/aromatic N) is 2. The molecule has 0 saturated heterocycles. The van der Waals surface area contributed by atoms with Crippen LogP contribution in [0.3, 0.4) is 0 Å². The number of aromatic amines is 2. The molecule has 3 rings (SSSR count). The van der Waals surface area contributed by atoms with E-state index >= 15 is 0 Å². The van der Waals surface area contributed by atoms with E-state index in [-0.39, 0.29) is 10.5 Å². The van der Waals surface area contributed by atoms with E-state index in [2.05, 4.69) is 15.1 Å². The number of hydrogen-bond acceptors (Lipinski definition) is 3. The highest BCUT2D eigenvalue weighted by Crippen LogP contribution is 2.27. The molecule has 0 saturated carbocycles. The summed E-state index contributed by atoms with van der Waals surface area (Å²) in [5, 5.41) is 3.83. The second kappa shape index (κ2) is 4.48. The van der Waals surface area contributed by atoms with E-state index in [0.29, 0.717) is 21.4 Å². The fraction of sp³-hybridized carbons (Fsp3) is 0. The van der Waals surface area contributed by atoms with Crippen LogP contribution in [0.15, 0.2) is 29.1 Å². The fourth-order valence-electron chi connectivity index (χ4n) is 1.73. The Morgan fingerprint density at radius 3 is 2.74 bits per heavy atom. The Bertz CT molecular complexity index is 896. The van der Waals surface area contributed by atoms with Gasteiger partial charge in [-0.05, 0) is 24.4 Å². The van der Waals surface area contributed by atoms with Crippen molar-refractivity contribution in [3.8, 4) is 11.3 Å². The lowest BCUT2D eigenvalue weighted by Crippen LogP contribution is -2.18. The van der Waals surface area contributed by atoms with Crippen molar-refractivity contribution in [1.29, 1.82) is 0 Å². The predicted molar refractivity (Wildman–Crippen MR) is 76.5 cm³/mol. The highest BCUT2D eigenvalue weighted by Gasteiger charge is 2.07. The van der Waals surface area contributed by atoms with Crippen molar-refractivity contribution >= 4 is 41.1 Å². The maximum absolute atomic E-state index is 11.7. The Morgan fingerprint density at radius 2 is 2.00 bits per heavy atom. The van der Waals surface area contributed by atoms with Crippen LogP contribution in [-0.2, 0) is 0 Å². The first-order chi connectivity index (χ1) is 9.04. The van der Waals surface area contributed by atoms with E-state index in [1.54, 1.807) is 24.3 Å². The van der Waals surface area contributed by atoms with Crippen LogP contribution in [0.2, 0.25) is 10.0 Å².